The molecule has 5 heteroatoms. The third-order valence-electron chi connectivity index (χ3n) is 5.34. The van der Waals surface area contributed by atoms with Crippen LogP contribution in [0.15, 0.2) is 18.2 Å². The van der Waals surface area contributed by atoms with Crippen LogP contribution in [0.5, 0.6) is 5.75 Å². The van der Waals surface area contributed by atoms with E-state index in [-0.39, 0.29) is 24.0 Å². The topological polar surface area (TPSA) is 72.8 Å². The van der Waals surface area contributed by atoms with Crippen LogP contribution in [-0.4, -0.2) is 30.1 Å². The number of fused-ring (bicyclic) bond motifs is 1. The summed E-state index contributed by atoms with van der Waals surface area (Å²) in [4.78, 5) is 23.7. The molecule has 1 N–H and O–H groups in total. The van der Waals surface area contributed by atoms with Gasteiger partial charge < -0.3 is 14.6 Å². The summed E-state index contributed by atoms with van der Waals surface area (Å²) in [6.45, 7) is 1.72. The highest BCUT2D eigenvalue weighted by Crippen LogP contribution is 2.38. The Hall–Kier alpha value is -1.88. The zero-order valence-electron chi connectivity index (χ0n) is 17.2. The average Bonchev–Trinajstić information content (AvgIpc) is 3.01. The number of aliphatic hydroxyl groups is 1. The number of hydrogen-bond donors (Lipinski definition) is 1. The quantitative estimate of drug-likeness (QED) is 0.351. The second kappa shape index (κ2) is 11.8. The molecule has 156 valence electrons. The van der Waals surface area contributed by atoms with Crippen molar-refractivity contribution in [2.45, 2.75) is 89.8 Å². The number of unbranched alkanes of at least 4 members (excludes halogenated alkanes) is 6. The van der Waals surface area contributed by atoms with Crippen molar-refractivity contribution in [1.29, 1.82) is 0 Å². The Morgan fingerprint density at radius 1 is 1.11 bits per heavy atom. The number of Topliss-reactive ketones (excluding diaryl/α,β-unsaturated/α-hetero) is 1. The van der Waals surface area contributed by atoms with E-state index in [1.54, 1.807) is 20.1 Å². The number of methoxy groups -OCH3 is 1. The molecule has 1 aliphatic heterocycles. The molecule has 1 aromatic carbocycles. The minimum absolute atomic E-state index is 0.148. The number of hydrogen-bond acceptors (Lipinski definition) is 5. The van der Waals surface area contributed by atoms with E-state index < -0.39 is 0 Å². The van der Waals surface area contributed by atoms with Crippen molar-refractivity contribution in [3.63, 3.8) is 0 Å². The molecule has 0 saturated heterocycles. The second-order valence-electron chi connectivity index (χ2n) is 7.76. The van der Waals surface area contributed by atoms with Crippen LogP contribution in [0, 0.1) is 0 Å². The molecule has 2 rings (SSSR count). The number of ketones is 1. The van der Waals surface area contributed by atoms with Gasteiger partial charge in [-0.15, -0.1) is 0 Å². The summed E-state index contributed by atoms with van der Waals surface area (Å²) in [6.07, 6.45) is 9.74. The van der Waals surface area contributed by atoms with E-state index in [0.717, 1.165) is 44.1 Å². The van der Waals surface area contributed by atoms with E-state index >= 15 is 0 Å². The van der Waals surface area contributed by atoms with Gasteiger partial charge in [0.05, 0.1) is 13.2 Å². The maximum atomic E-state index is 12.1. The Morgan fingerprint density at radius 2 is 1.79 bits per heavy atom. The number of rotatable bonds is 14. The predicted molar refractivity (Wildman–Crippen MR) is 109 cm³/mol. The molecule has 0 amide bonds. The smallest absolute Gasteiger partial charge is 0.342 e. The lowest BCUT2D eigenvalue weighted by Gasteiger charge is -2.10. The number of ether oxygens (including phenoxy) is 2. The zero-order chi connectivity index (χ0) is 20.4. The third-order valence-corrected chi connectivity index (χ3v) is 5.34. The molecule has 0 bridgehead atoms. The molecule has 0 aromatic heterocycles. The normalized spacial score (nSPS) is 16.5. The van der Waals surface area contributed by atoms with Gasteiger partial charge in [0.25, 0.3) is 0 Å². The molecule has 2 unspecified atom stereocenters. The van der Waals surface area contributed by atoms with E-state index in [1.807, 2.05) is 12.1 Å². The Bertz CT molecular complexity index is 638. The summed E-state index contributed by atoms with van der Waals surface area (Å²) in [7, 11) is 1.57. The zero-order valence-corrected chi connectivity index (χ0v) is 17.2. The van der Waals surface area contributed by atoms with Gasteiger partial charge in [-0.05, 0) is 38.7 Å². The van der Waals surface area contributed by atoms with Crippen LogP contribution in [0.4, 0.5) is 0 Å². The van der Waals surface area contributed by atoms with Gasteiger partial charge in [-0.1, -0.05) is 44.2 Å². The Kier molecular flexibility index (Phi) is 9.48. The van der Waals surface area contributed by atoms with E-state index in [1.165, 1.54) is 12.8 Å². The third kappa shape index (κ3) is 6.93. The van der Waals surface area contributed by atoms with Gasteiger partial charge in [-0.25, -0.2) is 4.79 Å². The molecule has 1 heterocycles. The van der Waals surface area contributed by atoms with Gasteiger partial charge in [0.2, 0.25) is 0 Å². The Morgan fingerprint density at radius 3 is 2.46 bits per heavy atom. The van der Waals surface area contributed by atoms with E-state index in [0.29, 0.717) is 30.6 Å². The monoisotopic (exact) mass is 390 g/mol. The van der Waals surface area contributed by atoms with E-state index in [4.69, 9.17) is 9.47 Å². The lowest BCUT2D eigenvalue weighted by atomic mass is 9.99. The van der Waals surface area contributed by atoms with Crippen molar-refractivity contribution >= 4 is 11.8 Å². The first-order valence-corrected chi connectivity index (χ1v) is 10.6. The number of cyclic esters (lactones) is 1. The fourth-order valence-corrected chi connectivity index (χ4v) is 3.70. The van der Waals surface area contributed by atoms with Gasteiger partial charge in [0.1, 0.15) is 23.2 Å². The molecule has 0 saturated carbocycles. The minimum atomic E-state index is -0.382. The van der Waals surface area contributed by atoms with Crippen molar-refractivity contribution in [2.75, 3.05) is 7.11 Å². The molecule has 0 fully saturated rings. The van der Waals surface area contributed by atoms with Crippen molar-refractivity contribution in [3.8, 4) is 5.75 Å². The number of carbonyl (C=O) groups is 2. The summed E-state index contributed by atoms with van der Waals surface area (Å²) >= 11 is 0. The lowest BCUT2D eigenvalue weighted by Crippen LogP contribution is -2.05. The highest BCUT2D eigenvalue weighted by molar-refractivity contribution is 5.97. The molecular formula is C23H34O5. The number of aliphatic hydroxyl groups excluding tert-OH is 1. The molecule has 0 spiro atoms. The van der Waals surface area contributed by atoms with Crippen molar-refractivity contribution in [1.82, 2.24) is 0 Å². The van der Waals surface area contributed by atoms with E-state index in [2.05, 4.69) is 0 Å². The van der Waals surface area contributed by atoms with Crippen molar-refractivity contribution in [3.05, 3.63) is 29.3 Å². The SMILES string of the molecule is COc1cccc2c1C(=O)OC2CCCCCCCCCC(=O)CCC(C)O. The van der Waals surface area contributed by atoms with Gasteiger partial charge in [-0.2, -0.15) is 0 Å². The van der Waals surface area contributed by atoms with Crippen molar-refractivity contribution < 1.29 is 24.2 Å². The van der Waals surface area contributed by atoms with Crippen LogP contribution in [0.1, 0.15) is 99.6 Å². The summed E-state index contributed by atoms with van der Waals surface area (Å²) in [6, 6.07) is 5.65. The van der Waals surface area contributed by atoms with Gasteiger partial charge in [0, 0.05) is 18.4 Å². The summed E-state index contributed by atoms with van der Waals surface area (Å²) in [5.41, 5.74) is 1.53. The fraction of sp³-hybridized carbons (Fsp3) is 0.652. The molecule has 1 aliphatic rings. The fourth-order valence-electron chi connectivity index (χ4n) is 3.70. The van der Waals surface area contributed by atoms with E-state index in [9.17, 15) is 14.7 Å². The summed E-state index contributed by atoms with van der Waals surface area (Å²) in [5.74, 6) is 0.582. The number of carbonyl (C=O) groups excluding carboxylic acids is 2. The molecule has 0 aliphatic carbocycles. The summed E-state index contributed by atoms with van der Waals surface area (Å²) in [5, 5.41) is 9.19. The van der Waals surface area contributed by atoms with Crippen LogP contribution in [0.3, 0.4) is 0 Å². The average molecular weight is 391 g/mol. The Balaban J connectivity index is 1.53. The largest absolute Gasteiger partial charge is 0.496 e. The highest BCUT2D eigenvalue weighted by atomic mass is 16.6. The van der Waals surface area contributed by atoms with Crippen LogP contribution in [0.2, 0.25) is 0 Å². The number of esters is 1. The standard InChI is InChI=1S/C23H34O5/c1-17(24)15-16-18(25)11-8-6-4-3-5-7-9-13-20-19-12-10-14-21(27-2)22(19)23(26)28-20/h10,12,14,17,20,24H,3-9,11,13,15-16H2,1-2H3. The molecule has 0 radical (unpaired) electrons. The number of benzene rings is 1. The Labute approximate surface area is 168 Å². The minimum Gasteiger partial charge on any atom is -0.496 e. The van der Waals surface area contributed by atoms with Crippen molar-refractivity contribution in [2.24, 2.45) is 0 Å². The maximum absolute atomic E-state index is 12.1. The molecular weight excluding hydrogens is 356 g/mol. The van der Waals surface area contributed by atoms with Crippen LogP contribution in [-0.2, 0) is 9.53 Å². The maximum Gasteiger partial charge on any atom is 0.342 e. The molecule has 2 atom stereocenters. The van der Waals surface area contributed by atoms with Crippen LogP contribution >= 0.6 is 0 Å². The van der Waals surface area contributed by atoms with Gasteiger partial charge in [0.15, 0.2) is 0 Å². The van der Waals surface area contributed by atoms with Gasteiger partial charge in [-0.3, -0.25) is 4.79 Å². The molecule has 28 heavy (non-hydrogen) atoms. The first-order valence-electron chi connectivity index (χ1n) is 10.6. The highest BCUT2D eigenvalue weighted by Gasteiger charge is 2.33. The summed E-state index contributed by atoms with van der Waals surface area (Å²) < 4.78 is 10.8. The first kappa shape index (κ1) is 22.4. The van der Waals surface area contributed by atoms with Gasteiger partial charge >= 0.3 is 5.97 Å². The van der Waals surface area contributed by atoms with Crippen LogP contribution in [0.25, 0.3) is 0 Å². The molecule has 5 nitrogen and oxygen atoms in total. The molecule has 1 aromatic rings. The van der Waals surface area contributed by atoms with Crippen LogP contribution < -0.4 is 4.74 Å². The predicted octanol–water partition coefficient (Wildman–Crippen LogP) is 5.15. The first-order chi connectivity index (χ1) is 13.5. The lowest BCUT2D eigenvalue weighted by molar-refractivity contribution is -0.119. The second-order valence-corrected chi connectivity index (χ2v) is 7.76.